The van der Waals surface area contributed by atoms with Gasteiger partial charge in [0.2, 0.25) is 0 Å². The summed E-state index contributed by atoms with van der Waals surface area (Å²) in [5.74, 6) is -0.209. The number of nitrogens with one attached hydrogen (secondary N) is 1. The first-order chi connectivity index (χ1) is 8.25. The Morgan fingerprint density at radius 3 is 2.94 bits per heavy atom. The molecule has 1 aromatic heterocycles. The molecule has 0 saturated carbocycles. The summed E-state index contributed by atoms with van der Waals surface area (Å²) in [4.78, 5) is 4.05. The van der Waals surface area contributed by atoms with Gasteiger partial charge in [0.15, 0.2) is 0 Å². The number of aryl methyl sites for hydroxylation is 1. The number of aromatic nitrogens is 1. The summed E-state index contributed by atoms with van der Waals surface area (Å²) < 4.78 is 13.0. The minimum absolute atomic E-state index is 0.209. The van der Waals surface area contributed by atoms with Gasteiger partial charge in [-0.25, -0.2) is 4.39 Å². The molecule has 17 heavy (non-hydrogen) atoms. The van der Waals surface area contributed by atoms with E-state index in [9.17, 15) is 4.39 Å². The van der Waals surface area contributed by atoms with Gasteiger partial charge in [-0.2, -0.15) is 0 Å². The Kier molecular flexibility index (Phi) is 3.70. The van der Waals surface area contributed by atoms with Crippen LogP contribution in [0.2, 0.25) is 0 Å². The van der Waals surface area contributed by atoms with Crippen molar-refractivity contribution in [1.29, 1.82) is 0 Å². The van der Waals surface area contributed by atoms with Crippen molar-refractivity contribution in [1.82, 2.24) is 4.98 Å². The predicted molar refractivity (Wildman–Crippen MR) is 67.6 cm³/mol. The van der Waals surface area contributed by atoms with Crippen molar-refractivity contribution in [3.8, 4) is 0 Å². The first kappa shape index (κ1) is 11.6. The molecule has 3 heteroatoms. The molecule has 0 atom stereocenters. The van der Waals surface area contributed by atoms with Gasteiger partial charge in [-0.1, -0.05) is 12.1 Å². The lowest BCUT2D eigenvalue weighted by Gasteiger charge is -2.09. The average Bonchev–Trinajstić information content (AvgIpc) is 2.35. The van der Waals surface area contributed by atoms with E-state index < -0.39 is 0 Å². The zero-order valence-corrected chi connectivity index (χ0v) is 9.78. The van der Waals surface area contributed by atoms with Gasteiger partial charge in [-0.3, -0.25) is 4.98 Å². The van der Waals surface area contributed by atoms with Crippen LogP contribution < -0.4 is 5.32 Å². The van der Waals surface area contributed by atoms with Crippen LogP contribution in [0, 0.1) is 12.7 Å². The first-order valence-electron chi connectivity index (χ1n) is 5.64. The Labute approximate surface area is 101 Å². The number of halogens is 1. The molecule has 2 aromatic rings. The third-order valence-corrected chi connectivity index (χ3v) is 2.65. The molecule has 0 fully saturated rings. The highest BCUT2D eigenvalue weighted by Gasteiger charge is 1.99. The van der Waals surface area contributed by atoms with Crippen molar-refractivity contribution < 1.29 is 4.39 Å². The number of rotatable bonds is 4. The summed E-state index contributed by atoms with van der Waals surface area (Å²) in [6.45, 7) is 2.74. The van der Waals surface area contributed by atoms with Crippen molar-refractivity contribution in [2.75, 3.05) is 11.9 Å². The van der Waals surface area contributed by atoms with E-state index in [-0.39, 0.29) is 5.82 Å². The lowest BCUT2D eigenvalue weighted by molar-refractivity contribution is 0.628. The van der Waals surface area contributed by atoms with Crippen LogP contribution in [-0.4, -0.2) is 11.5 Å². The van der Waals surface area contributed by atoms with E-state index in [1.165, 1.54) is 17.7 Å². The van der Waals surface area contributed by atoms with Gasteiger partial charge < -0.3 is 5.32 Å². The molecule has 0 unspecified atom stereocenters. The minimum Gasteiger partial charge on any atom is -0.384 e. The van der Waals surface area contributed by atoms with Gasteiger partial charge in [0.25, 0.3) is 0 Å². The highest BCUT2D eigenvalue weighted by molar-refractivity contribution is 5.50. The molecule has 0 radical (unpaired) electrons. The van der Waals surface area contributed by atoms with E-state index in [2.05, 4.69) is 10.3 Å². The second-order valence-electron chi connectivity index (χ2n) is 4.00. The van der Waals surface area contributed by atoms with Crippen LogP contribution in [0.4, 0.5) is 10.1 Å². The van der Waals surface area contributed by atoms with Crippen molar-refractivity contribution in [2.24, 2.45) is 0 Å². The van der Waals surface area contributed by atoms with Crippen molar-refractivity contribution >= 4 is 5.69 Å². The van der Waals surface area contributed by atoms with E-state index in [4.69, 9.17) is 0 Å². The highest BCUT2D eigenvalue weighted by atomic mass is 19.1. The SMILES string of the molecule is Cc1ccc(F)cc1NCCc1cccnc1. The smallest absolute Gasteiger partial charge is 0.125 e. The van der Waals surface area contributed by atoms with Gasteiger partial charge in [-0.05, 0) is 42.7 Å². The molecule has 0 aliphatic rings. The monoisotopic (exact) mass is 230 g/mol. The number of hydrogen-bond donors (Lipinski definition) is 1. The van der Waals surface area contributed by atoms with Crippen LogP contribution >= 0.6 is 0 Å². The fraction of sp³-hybridized carbons (Fsp3) is 0.214. The summed E-state index contributed by atoms with van der Waals surface area (Å²) >= 11 is 0. The quantitative estimate of drug-likeness (QED) is 0.872. The predicted octanol–water partition coefficient (Wildman–Crippen LogP) is 3.18. The van der Waals surface area contributed by atoms with E-state index in [0.29, 0.717) is 0 Å². The molecular weight excluding hydrogens is 215 g/mol. The second-order valence-corrected chi connectivity index (χ2v) is 4.00. The van der Waals surface area contributed by atoms with Gasteiger partial charge in [0, 0.05) is 24.6 Å². The maximum atomic E-state index is 13.0. The zero-order valence-electron chi connectivity index (χ0n) is 9.78. The summed E-state index contributed by atoms with van der Waals surface area (Å²) in [6, 6.07) is 8.73. The molecule has 1 aromatic carbocycles. The van der Waals surface area contributed by atoms with Crippen LogP contribution in [0.25, 0.3) is 0 Å². The molecule has 2 rings (SSSR count). The molecule has 0 spiro atoms. The Morgan fingerprint density at radius 1 is 1.29 bits per heavy atom. The fourth-order valence-electron chi connectivity index (χ4n) is 1.67. The standard InChI is InChI=1S/C14H15FN2/c1-11-4-5-13(15)9-14(11)17-8-6-12-3-2-7-16-10-12/h2-5,7,9-10,17H,6,8H2,1H3. The largest absolute Gasteiger partial charge is 0.384 e. The molecule has 0 aliphatic heterocycles. The van der Waals surface area contributed by atoms with Crippen molar-refractivity contribution in [3.63, 3.8) is 0 Å². The van der Waals surface area contributed by atoms with Gasteiger partial charge in [-0.15, -0.1) is 0 Å². The number of nitrogens with zero attached hydrogens (tertiary/aromatic N) is 1. The van der Waals surface area contributed by atoms with Crippen LogP contribution in [0.3, 0.4) is 0 Å². The fourth-order valence-corrected chi connectivity index (χ4v) is 1.67. The topological polar surface area (TPSA) is 24.9 Å². The molecule has 0 amide bonds. The molecule has 1 heterocycles. The Hall–Kier alpha value is -1.90. The Balaban J connectivity index is 1.92. The van der Waals surface area contributed by atoms with Crippen LogP contribution in [-0.2, 0) is 6.42 Å². The van der Waals surface area contributed by atoms with Crippen molar-refractivity contribution in [3.05, 3.63) is 59.7 Å². The van der Waals surface area contributed by atoms with Gasteiger partial charge in [0.1, 0.15) is 5.82 Å². The van der Waals surface area contributed by atoms with E-state index >= 15 is 0 Å². The normalized spacial score (nSPS) is 10.2. The molecule has 88 valence electrons. The lowest BCUT2D eigenvalue weighted by Crippen LogP contribution is -2.06. The maximum absolute atomic E-state index is 13.0. The average molecular weight is 230 g/mol. The summed E-state index contributed by atoms with van der Waals surface area (Å²) in [5.41, 5.74) is 3.08. The lowest BCUT2D eigenvalue weighted by atomic mass is 10.1. The maximum Gasteiger partial charge on any atom is 0.125 e. The highest BCUT2D eigenvalue weighted by Crippen LogP contribution is 2.15. The van der Waals surface area contributed by atoms with E-state index in [1.54, 1.807) is 12.3 Å². The van der Waals surface area contributed by atoms with Gasteiger partial charge >= 0.3 is 0 Å². The number of hydrogen-bond acceptors (Lipinski definition) is 2. The van der Waals surface area contributed by atoms with Crippen LogP contribution in [0.1, 0.15) is 11.1 Å². The first-order valence-corrected chi connectivity index (χ1v) is 5.64. The summed E-state index contributed by atoms with van der Waals surface area (Å²) in [6.07, 6.45) is 4.48. The van der Waals surface area contributed by atoms with Crippen LogP contribution in [0.5, 0.6) is 0 Å². The second kappa shape index (κ2) is 5.43. The number of anilines is 1. The summed E-state index contributed by atoms with van der Waals surface area (Å²) in [5, 5.41) is 3.23. The summed E-state index contributed by atoms with van der Waals surface area (Å²) in [7, 11) is 0. The molecule has 0 aliphatic carbocycles. The minimum atomic E-state index is -0.209. The zero-order chi connectivity index (χ0) is 12.1. The van der Waals surface area contributed by atoms with Gasteiger partial charge in [0.05, 0.1) is 0 Å². The molecule has 2 nitrogen and oxygen atoms in total. The molecule has 0 bridgehead atoms. The third kappa shape index (κ3) is 3.28. The molecule has 1 N–H and O–H groups in total. The van der Waals surface area contributed by atoms with Crippen LogP contribution in [0.15, 0.2) is 42.7 Å². The van der Waals surface area contributed by atoms with E-state index in [1.807, 2.05) is 25.3 Å². The van der Waals surface area contributed by atoms with E-state index in [0.717, 1.165) is 24.2 Å². The number of benzene rings is 1. The molecule has 0 saturated heterocycles. The molecular formula is C14H15FN2. The Bertz CT molecular complexity index is 483. The third-order valence-electron chi connectivity index (χ3n) is 2.65. The Morgan fingerprint density at radius 2 is 2.18 bits per heavy atom. The van der Waals surface area contributed by atoms with Crippen molar-refractivity contribution in [2.45, 2.75) is 13.3 Å². The number of pyridine rings is 1.